The lowest BCUT2D eigenvalue weighted by atomic mass is 10.2. The van der Waals surface area contributed by atoms with Gasteiger partial charge in [0, 0.05) is 39.3 Å². The summed E-state index contributed by atoms with van der Waals surface area (Å²) in [6.45, 7) is 4.69. The zero-order valence-electron chi connectivity index (χ0n) is 12.7. The van der Waals surface area contributed by atoms with Crippen LogP contribution < -0.4 is 15.4 Å². The number of hydrogen-bond acceptors (Lipinski definition) is 4. The van der Waals surface area contributed by atoms with Crippen LogP contribution >= 0.6 is 0 Å². The quantitative estimate of drug-likeness (QED) is 0.820. The summed E-state index contributed by atoms with van der Waals surface area (Å²) in [5.41, 5.74) is -0.797. The predicted molar refractivity (Wildman–Crippen MR) is 79.3 cm³/mol. The number of ether oxygens (including phenoxy) is 1. The number of nitrogens with one attached hydrogen (secondary N) is 2. The molecule has 0 unspecified atom stereocenters. The fourth-order valence-corrected chi connectivity index (χ4v) is 2.25. The summed E-state index contributed by atoms with van der Waals surface area (Å²) in [6, 6.07) is 4.48. The van der Waals surface area contributed by atoms with Crippen LogP contribution in [0.5, 0.6) is 5.75 Å². The van der Waals surface area contributed by atoms with Crippen LogP contribution in [0.2, 0.25) is 0 Å². The van der Waals surface area contributed by atoms with Crippen molar-refractivity contribution in [1.82, 2.24) is 15.5 Å². The van der Waals surface area contributed by atoms with Crippen molar-refractivity contribution < 1.29 is 22.7 Å². The molecule has 23 heavy (non-hydrogen) atoms. The van der Waals surface area contributed by atoms with E-state index in [9.17, 15) is 18.0 Å². The molecule has 0 spiro atoms. The van der Waals surface area contributed by atoms with Crippen molar-refractivity contribution in [1.29, 1.82) is 0 Å². The van der Waals surface area contributed by atoms with Gasteiger partial charge in [0.05, 0.1) is 5.56 Å². The fourth-order valence-electron chi connectivity index (χ4n) is 2.25. The standard InChI is InChI=1S/C15H20F3N3O2/c16-15(17,18)12-2-1-3-13(10-12)23-11-14(22)20-6-9-21-7-4-19-5-8-21/h1-3,10,19H,4-9,11H2,(H,20,22). The van der Waals surface area contributed by atoms with E-state index >= 15 is 0 Å². The molecule has 0 aromatic heterocycles. The van der Waals surface area contributed by atoms with Crippen molar-refractivity contribution in [3.63, 3.8) is 0 Å². The zero-order chi connectivity index (χ0) is 16.7. The second-order valence-electron chi connectivity index (χ2n) is 5.26. The predicted octanol–water partition coefficient (Wildman–Crippen LogP) is 1.11. The fraction of sp³-hybridized carbons (Fsp3) is 0.533. The first-order valence-corrected chi connectivity index (χ1v) is 7.45. The smallest absolute Gasteiger partial charge is 0.416 e. The Labute approximate surface area is 132 Å². The molecule has 1 aromatic rings. The Morgan fingerprint density at radius 1 is 1.30 bits per heavy atom. The molecule has 1 fully saturated rings. The highest BCUT2D eigenvalue weighted by atomic mass is 19.4. The minimum absolute atomic E-state index is 0.0251. The van der Waals surface area contributed by atoms with E-state index in [1.807, 2.05) is 0 Å². The van der Waals surface area contributed by atoms with E-state index in [-0.39, 0.29) is 18.3 Å². The Morgan fingerprint density at radius 3 is 2.74 bits per heavy atom. The number of nitrogens with zero attached hydrogens (tertiary/aromatic N) is 1. The number of hydrogen-bond donors (Lipinski definition) is 2. The lowest BCUT2D eigenvalue weighted by Crippen LogP contribution is -2.46. The highest BCUT2D eigenvalue weighted by molar-refractivity contribution is 5.77. The number of amides is 1. The Hall–Kier alpha value is -1.80. The molecule has 1 heterocycles. The van der Waals surface area contributed by atoms with Gasteiger partial charge in [-0.15, -0.1) is 0 Å². The number of alkyl halides is 3. The molecule has 1 aliphatic heterocycles. The third-order valence-electron chi connectivity index (χ3n) is 3.49. The molecular formula is C15H20F3N3O2. The SMILES string of the molecule is O=C(COc1cccc(C(F)(F)F)c1)NCCN1CCNCC1. The van der Waals surface area contributed by atoms with Crippen molar-refractivity contribution in [3.05, 3.63) is 29.8 Å². The summed E-state index contributed by atoms with van der Waals surface area (Å²) >= 11 is 0. The molecule has 8 heteroatoms. The molecular weight excluding hydrogens is 311 g/mol. The average molecular weight is 331 g/mol. The monoisotopic (exact) mass is 331 g/mol. The molecule has 2 N–H and O–H groups in total. The lowest BCUT2D eigenvalue weighted by Gasteiger charge is -2.27. The molecule has 1 aromatic carbocycles. The van der Waals surface area contributed by atoms with Gasteiger partial charge in [0.1, 0.15) is 5.75 Å². The van der Waals surface area contributed by atoms with Gasteiger partial charge in [-0.05, 0) is 18.2 Å². The van der Waals surface area contributed by atoms with E-state index in [0.717, 1.165) is 44.9 Å². The molecule has 0 aliphatic carbocycles. The second-order valence-corrected chi connectivity index (χ2v) is 5.26. The van der Waals surface area contributed by atoms with Crippen molar-refractivity contribution in [2.75, 3.05) is 45.9 Å². The van der Waals surface area contributed by atoms with Crippen molar-refractivity contribution in [2.45, 2.75) is 6.18 Å². The Bertz CT molecular complexity index is 517. The van der Waals surface area contributed by atoms with E-state index in [2.05, 4.69) is 15.5 Å². The molecule has 0 atom stereocenters. The maximum absolute atomic E-state index is 12.6. The van der Waals surface area contributed by atoms with Gasteiger partial charge < -0.3 is 15.4 Å². The van der Waals surface area contributed by atoms with Gasteiger partial charge in [0.15, 0.2) is 6.61 Å². The van der Waals surface area contributed by atoms with Gasteiger partial charge in [-0.2, -0.15) is 13.2 Å². The van der Waals surface area contributed by atoms with Crippen LogP contribution in [0.4, 0.5) is 13.2 Å². The summed E-state index contributed by atoms with van der Waals surface area (Å²) in [5, 5.41) is 5.94. The van der Waals surface area contributed by atoms with E-state index < -0.39 is 11.7 Å². The summed E-state index contributed by atoms with van der Waals surface area (Å²) < 4.78 is 42.8. The number of halogens is 3. The Balaban J connectivity index is 1.69. The van der Waals surface area contributed by atoms with E-state index in [1.165, 1.54) is 12.1 Å². The summed E-state index contributed by atoms with van der Waals surface area (Å²) in [4.78, 5) is 13.9. The lowest BCUT2D eigenvalue weighted by molar-refractivity contribution is -0.137. The van der Waals surface area contributed by atoms with Gasteiger partial charge in [-0.1, -0.05) is 6.07 Å². The largest absolute Gasteiger partial charge is 0.484 e. The third kappa shape index (κ3) is 6.07. The maximum atomic E-state index is 12.6. The van der Waals surface area contributed by atoms with Gasteiger partial charge >= 0.3 is 6.18 Å². The van der Waals surface area contributed by atoms with Gasteiger partial charge in [-0.3, -0.25) is 9.69 Å². The normalized spacial score (nSPS) is 16.1. The van der Waals surface area contributed by atoms with Crippen LogP contribution in [-0.2, 0) is 11.0 Å². The summed E-state index contributed by atoms with van der Waals surface area (Å²) in [6.07, 6.45) is -4.43. The molecule has 5 nitrogen and oxygen atoms in total. The van der Waals surface area contributed by atoms with Crippen LogP contribution in [0.1, 0.15) is 5.56 Å². The van der Waals surface area contributed by atoms with Crippen LogP contribution in [0, 0.1) is 0 Å². The molecule has 0 radical (unpaired) electrons. The minimum atomic E-state index is -4.43. The number of rotatable bonds is 6. The maximum Gasteiger partial charge on any atom is 0.416 e. The first-order valence-electron chi connectivity index (χ1n) is 7.45. The van der Waals surface area contributed by atoms with Crippen LogP contribution in [0.25, 0.3) is 0 Å². The van der Waals surface area contributed by atoms with Crippen molar-refractivity contribution in [3.8, 4) is 5.75 Å². The topological polar surface area (TPSA) is 53.6 Å². The number of piperazine rings is 1. The van der Waals surface area contributed by atoms with Crippen LogP contribution in [0.15, 0.2) is 24.3 Å². The number of carbonyl (C=O) groups is 1. The molecule has 1 saturated heterocycles. The number of benzene rings is 1. The number of carbonyl (C=O) groups excluding carboxylic acids is 1. The van der Waals surface area contributed by atoms with Crippen LogP contribution in [0.3, 0.4) is 0 Å². The highest BCUT2D eigenvalue weighted by Crippen LogP contribution is 2.31. The van der Waals surface area contributed by atoms with E-state index in [1.54, 1.807) is 0 Å². The zero-order valence-corrected chi connectivity index (χ0v) is 12.7. The van der Waals surface area contributed by atoms with E-state index in [0.29, 0.717) is 6.54 Å². The molecule has 1 amide bonds. The summed E-state index contributed by atoms with van der Waals surface area (Å²) in [5.74, 6) is -0.324. The first-order chi connectivity index (χ1) is 10.9. The van der Waals surface area contributed by atoms with Crippen LogP contribution in [-0.4, -0.2) is 56.7 Å². The van der Waals surface area contributed by atoms with Crippen molar-refractivity contribution in [2.24, 2.45) is 0 Å². The molecule has 0 saturated carbocycles. The Morgan fingerprint density at radius 2 is 2.04 bits per heavy atom. The molecule has 1 aliphatic rings. The third-order valence-corrected chi connectivity index (χ3v) is 3.49. The highest BCUT2D eigenvalue weighted by Gasteiger charge is 2.30. The Kier molecular flexibility index (Phi) is 6.23. The van der Waals surface area contributed by atoms with Gasteiger partial charge in [0.25, 0.3) is 5.91 Å². The minimum Gasteiger partial charge on any atom is -0.484 e. The van der Waals surface area contributed by atoms with Gasteiger partial charge in [0.2, 0.25) is 0 Å². The first kappa shape index (κ1) is 17.6. The molecule has 0 bridgehead atoms. The summed E-state index contributed by atoms with van der Waals surface area (Å²) in [7, 11) is 0. The average Bonchev–Trinajstić information content (AvgIpc) is 2.53. The molecule has 2 rings (SSSR count). The van der Waals surface area contributed by atoms with Crippen molar-refractivity contribution >= 4 is 5.91 Å². The van der Waals surface area contributed by atoms with Gasteiger partial charge in [-0.25, -0.2) is 0 Å². The second kappa shape index (κ2) is 8.16. The van der Waals surface area contributed by atoms with E-state index in [4.69, 9.17) is 4.74 Å². The molecule has 128 valence electrons.